The van der Waals surface area contributed by atoms with Crippen LogP contribution >= 0.6 is 0 Å². The lowest BCUT2D eigenvalue weighted by Crippen LogP contribution is -1.85. The Labute approximate surface area is 178 Å². The molecule has 2 heterocycles. The molecule has 0 amide bonds. The Bertz CT molecular complexity index is 1640. The van der Waals surface area contributed by atoms with Crippen molar-refractivity contribution in [1.29, 1.82) is 5.26 Å². The number of pyridine rings is 1. The van der Waals surface area contributed by atoms with Gasteiger partial charge in [-0.1, -0.05) is 60.7 Å². The predicted octanol–water partition coefficient (Wildman–Crippen LogP) is 7.34. The summed E-state index contributed by atoms with van der Waals surface area (Å²) in [4.78, 5) is 4.43. The number of hydrogen-bond donors (Lipinski definition) is 0. The van der Waals surface area contributed by atoms with Crippen LogP contribution in [0.1, 0.15) is 5.56 Å². The SMILES string of the molecule is N#Cc1ccnc(-c2ccc3c(c2)oc2cc(-c4ccccc4)c4ccccc4c23)c1. The molecule has 0 aliphatic rings. The maximum absolute atomic E-state index is 9.20. The van der Waals surface area contributed by atoms with Gasteiger partial charge in [0.2, 0.25) is 0 Å². The Morgan fingerprint density at radius 1 is 0.677 bits per heavy atom. The van der Waals surface area contributed by atoms with Crippen LogP contribution in [0.5, 0.6) is 0 Å². The molecule has 3 nitrogen and oxygen atoms in total. The lowest BCUT2D eigenvalue weighted by atomic mass is 9.95. The summed E-state index contributed by atoms with van der Waals surface area (Å²) in [6.07, 6.45) is 1.66. The van der Waals surface area contributed by atoms with Crippen LogP contribution in [0.3, 0.4) is 0 Å². The molecule has 0 spiro atoms. The van der Waals surface area contributed by atoms with Gasteiger partial charge in [-0.25, -0.2) is 0 Å². The van der Waals surface area contributed by atoms with Crippen LogP contribution in [0.15, 0.2) is 102 Å². The van der Waals surface area contributed by atoms with Crippen molar-refractivity contribution in [3.05, 3.63) is 103 Å². The molecule has 0 radical (unpaired) electrons. The van der Waals surface area contributed by atoms with E-state index in [2.05, 4.69) is 71.7 Å². The molecule has 31 heavy (non-hydrogen) atoms. The topological polar surface area (TPSA) is 49.8 Å². The molecule has 3 heteroatoms. The number of rotatable bonds is 2. The molecule has 0 aliphatic carbocycles. The molecule has 0 saturated heterocycles. The molecule has 2 aromatic heterocycles. The predicted molar refractivity (Wildman–Crippen MR) is 125 cm³/mol. The van der Waals surface area contributed by atoms with Gasteiger partial charge in [0.1, 0.15) is 11.2 Å². The summed E-state index contributed by atoms with van der Waals surface area (Å²) in [7, 11) is 0. The molecule has 0 unspecified atom stereocenters. The van der Waals surface area contributed by atoms with E-state index in [4.69, 9.17) is 4.42 Å². The number of hydrogen-bond acceptors (Lipinski definition) is 3. The summed E-state index contributed by atoms with van der Waals surface area (Å²) >= 11 is 0. The molecule has 0 atom stereocenters. The summed E-state index contributed by atoms with van der Waals surface area (Å²) in [5, 5.41) is 13.8. The highest BCUT2D eigenvalue weighted by Gasteiger charge is 2.15. The van der Waals surface area contributed by atoms with Crippen LogP contribution < -0.4 is 0 Å². The zero-order valence-corrected chi connectivity index (χ0v) is 16.5. The van der Waals surface area contributed by atoms with Crippen LogP contribution in [-0.2, 0) is 0 Å². The van der Waals surface area contributed by atoms with Crippen molar-refractivity contribution in [3.63, 3.8) is 0 Å². The average molecular weight is 396 g/mol. The Morgan fingerprint density at radius 2 is 1.48 bits per heavy atom. The molecule has 6 aromatic rings. The molecular weight excluding hydrogens is 380 g/mol. The number of fused-ring (bicyclic) bond motifs is 5. The number of nitrogens with zero attached hydrogens (tertiary/aromatic N) is 2. The van der Waals surface area contributed by atoms with Crippen molar-refractivity contribution in [2.45, 2.75) is 0 Å². The van der Waals surface area contributed by atoms with Crippen molar-refractivity contribution in [2.24, 2.45) is 0 Å². The van der Waals surface area contributed by atoms with Crippen LogP contribution in [0.2, 0.25) is 0 Å². The highest BCUT2D eigenvalue weighted by atomic mass is 16.3. The van der Waals surface area contributed by atoms with Gasteiger partial charge in [-0.05, 0) is 52.2 Å². The van der Waals surface area contributed by atoms with Crippen LogP contribution in [0, 0.1) is 11.3 Å². The highest BCUT2D eigenvalue weighted by Crippen LogP contribution is 2.40. The van der Waals surface area contributed by atoms with E-state index in [1.807, 2.05) is 18.2 Å². The summed E-state index contributed by atoms with van der Waals surface area (Å²) in [6.45, 7) is 0. The van der Waals surface area contributed by atoms with Gasteiger partial charge in [0.15, 0.2) is 0 Å². The normalized spacial score (nSPS) is 11.2. The monoisotopic (exact) mass is 396 g/mol. The smallest absolute Gasteiger partial charge is 0.136 e. The minimum atomic E-state index is 0.591. The molecular formula is C28H16N2O. The van der Waals surface area contributed by atoms with E-state index in [-0.39, 0.29) is 0 Å². The Morgan fingerprint density at radius 3 is 2.32 bits per heavy atom. The second-order valence-electron chi connectivity index (χ2n) is 7.56. The fourth-order valence-corrected chi connectivity index (χ4v) is 4.31. The van der Waals surface area contributed by atoms with Crippen LogP contribution in [0.25, 0.3) is 55.1 Å². The lowest BCUT2D eigenvalue weighted by molar-refractivity contribution is 0.669. The third-order valence-corrected chi connectivity index (χ3v) is 5.75. The second-order valence-corrected chi connectivity index (χ2v) is 7.56. The first-order valence-corrected chi connectivity index (χ1v) is 10.1. The zero-order valence-electron chi connectivity index (χ0n) is 16.5. The van der Waals surface area contributed by atoms with E-state index in [1.165, 1.54) is 16.3 Å². The molecule has 0 aliphatic heterocycles. The first-order chi connectivity index (χ1) is 15.3. The third-order valence-electron chi connectivity index (χ3n) is 5.75. The first-order valence-electron chi connectivity index (χ1n) is 10.1. The molecule has 4 aromatic carbocycles. The second kappa shape index (κ2) is 6.83. The number of nitriles is 1. The first kappa shape index (κ1) is 17.4. The summed E-state index contributed by atoms with van der Waals surface area (Å²) in [5.74, 6) is 0. The van der Waals surface area contributed by atoms with E-state index in [9.17, 15) is 5.26 Å². The van der Waals surface area contributed by atoms with Crippen molar-refractivity contribution >= 4 is 32.7 Å². The third kappa shape index (κ3) is 2.78. The van der Waals surface area contributed by atoms with Gasteiger partial charge < -0.3 is 4.42 Å². The number of benzene rings is 4. The van der Waals surface area contributed by atoms with Crippen molar-refractivity contribution in [1.82, 2.24) is 4.98 Å². The Balaban J connectivity index is 1.64. The zero-order chi connectivity index (χ0) is 20.8. The van der Waals surface area contributed by atoms with E-state index < -0.39 is 0 Å². The van der Waals surface area contributed by atoms with Crippen molar-refractivity contribution in [3.8, 4) is 28.5 Å². The maximum Gasteiger partial charge on any atom is 0.136 e. The lowest BCUT2D eigenvalue weighted by Gasteiger charge is -2.08. The molecule has 0 fully saturated rings. The quantitative estimate of drug-likeness (QED) is 0.308. The van der Waals surface area contributed by atoms with Crippen molar-refractivity contribution in [2.75, 3.05) is 0 Å². The van der Waals surface area contributed by atoms with E-state index in [1.54, 1.807) is 18.3 Å². The van der Waals surface area contributed by atoms with E-state index >= 15 is 0 Å². The molecule has 144 valence electrons. The van der Waals surface area contributed by atoms with Gasteiger partial charge in [-0.2, -0.15) is 5.26 Å². The van der Waals surface area contributed by atoms with Gasteiger partial charge >= 0.3 is 0 Å². The van der Waals surface area contributed by atoms with Gasteiger partial charge in [-0.15, -0.1) is 0 Å². The number of furan rings is 1. The summed E-state index contributed by atoms with van der Waals surface area (Å²) in [6, 6.07) is 32.8. The number of aromatic nitrogens is 1. The standard InChI is InChI=1S/C28H16N2O/c29-17-18-12-13-30-25(14-18)20-10-11-23-26(15-20)31-27-16-24(19-6-2-1-3-7-19)21-8-4-5-9-22(21)28(23)27/h1-16H. The van der Waals surface area contributed by atoms with Gasteiger partial charge in [0.25, 0.3) is 0 Å². The van der Waals surface area contributed by atoms with E-state index in [0.717, 1.165) is 38.8 Å². The largest absolute Gasteiger partial charge is 0.456 e. The maximum atomic E-state index is 9.20. The summed E-state index contributed by atoms with van der Waals surface area (Å²) < 4.78 is 6.35. The molecule has 0 bridgehead atoms. The average Bonchev–Trinajstić information content (AvgIpc) is 3.22. The highest BCUT2D eigenvalue weighted by molar-refractivity contribution is 6.22. The Hall–Kier alpha value is -4.42. The van der Waals surface area contributed by atoms with Crippen molar-refractivity contribution < 1.29 is 4.42 Å². The van der Waals surface area contributed by atoms with E-state index in [0.29, 0.717) is 5.56 Å². The molecule has 0 N–H and O–H groups in total. The van der Waals surface area contributed by atoms with Gasteiger partial charge in [-0.3, -0.25) is 4.98 Å². The van der Waals surface area contributed by atoms with Gasteiger partial charge in [0.05, 0.1) is 17.3 Å². The van der Waals surface area contributed by atoms with Gasteiger partial charge in [0, 0.05) is 22.5 Å². The molecule has 6 rings (SSSR count). The van der Waals surface area contributed by atoms with Crippen LogP contribution in [0.4, 0.5) is 0 Å². The minimum absolute atomic E-state index is 0.591. The Kier molecular flexibility index (Phi) is 3.84. The summed E-state index contributed by atoms with van der Waals surface area (Å²) in [5.41, 5.74) is 6.28. The minimum Gasteiger partial charge on any atom is -0.456 e. The molecule has 0 saturated carbocycles. The van der Waals surface area contributed by atoms with Crippen LogP contribution in [-0.4, -0.2) is 4.98 Å². The fourth-order valence-electron chi connectivity index (χ4n) is 4.31. The fraction of sp³-hybridized carbons (Fsp3) is 0.